The van der Waals surface area contributed by atoms with E-state index in [0.717, 1.165) is 49.7 Å². The van der Waals surface area contributed by atoms with Crippen LogP contribution in [0.5, 0.6) is 0 Å². The molecule has 0 spiro atoms. The minimum absolute atomic E-state index is 0.503. The zero-order valence-corrected chi connectivity index (χ0v) is 12.5. The zero-order chi connectivity index (χ0) is 14.0. The molecule has 0 aromatic carbocycles. The SMILES string of the molecule is CC1CC1c1ccc(CNCC2(O)CCCCCC2)o1. The molecule has 0 aliphatic heterocycles. The van der Waals surface area contributed by atoms with Crippen molar-refractivity contribution >= 4 is 0 Å². The normalized spacial score (nSPS) is 29.1. The Hall–Kier alpha value is -0.800. The zero-order valence-electron chi connectivity index (χ0n) is 12.5. The van der Waals surface area contributed by atoms with E-state index in [0.29, 0.717) is 12.5 Å². The summed E-state index contributed by atoms with van der Waals surface area (Å²) in [5, 5.41) is 14.0. The van der Waals surface area contributed by atoms with Crippen LogP contribution in [0.2, 0.25) is 0 Å². The van der Waals surface area contributed by atoms with Crippen LogP contribution >= 0.6 is 0 Å². The summed E-state index contributed by atoms with van der Waals surface area (Å²) in [5.41, 5.74) is -0.503. The highest BCUT2D eigenvalue weighted by Crippen LogP contribution is 2.47. The summed E-state index contributed by atoms with van der Waals surface area (Å²) < 4.78 is 5.88. The third-order valence-corrected chi connectivity index (χ3v) is 4.94. The van der Waals surface area contributed by atoms with Crippen molar-refractivity contribution < 1.29 is 9.52 Å². The van der Waals surface area contributed by atoms with E-state index in [1.165, 1.54) is 19.3 Å². The molecule has 2 aliphatic carbocycles. The van der Waals surface area contributed by atoms with Crippen LogP contribution in [0, 0.1) is 5.92 Å². The van der Waals surface area contributed by atoms with E-state index in [1.807, 2.05) is 0 Å². The minimum Gasteiger partial charge on any atom is -0.464 e. The smallest absolute Gasteiger partial charge is 0.117 e. The highest BCUT2D eigenvalue weighted by Gasteiger charge is 2.36. The van der Waals surface area contributed by atoms with Crippen LogP contribution in [-0.2, 0) is 6.54 Å². The van der Waals surface area contributed by atoms with Crippen LogP contribution < -0.4 is 5.32 Å². The Balaban J connectivity index is 1.45. The van der Waals surface area contributed by atoms with Crippen LogP contribution in [0.15, 0.2) is 16.5 Å². The second-order valence-electron chi connectivity index (χ2n) is 6.87. The maximum Gasteiger partial charge on any atom is 0.117 e. The van der Waals surface area contributed by atoms with Gasteiger partial charge in [-0.2, -0.15) is 0 Å². The lowest BCUT2D eigenvalue weighted by atomic mass is 9.94. The summed E-state index contributed by atoms with van der Waals surface area (Å²) in [6, 6.07) is 4.19. The number of hydrogen-bond donors (Lipinski definition) is 2. The molecular formula is C17H27NO2. The molecule has 20 heavy (non-hydrogen) atoms. The first-order valence-electron chi connectivity index (χ1n) is 8.18. The van der Waals surface area contributed by atoms with Crippen molar-refractivity contribution in [3.05, 3.63) is 23.7 Å². The number of nitrogens with one attached hydrogen (secondary N) is 1. The topological polar surface area (TPSA) is 45.4 Å². The lowest BCUT2D eigenvalue weighted by Gasteiger charge is -2.26. The lowest BCUT2D eigenvalue weighted by molar-refractivity contribution is 0.0247. The molecule has 1 aromatic heterocycles. The lowest BCUT2D eigenvalue weighted by Crippen LogP contribution is -2.39. The monoisotopic (exact) mass is 277 g/mol. The third-order valence-electron chi connectivity index (χ3n) is 4.94. The molecule has 2 unspecified atom stereocenters. The quantitative estimate of drug-likeness (QED) is 0.809. The van der Waals surface area contributed by atoms with E-state index < -0.39 is 5.60 Å². The van der Waals surface area contributed by atoms with Gasteiger partial charge in [0.25, 0.3) is 0 Å². The number of aliphatic hydroxyl groups is 1. The van der Waals surface area contributed by atoms with E-state index in [4.69, 9.17) is 4.42 Å². The standard InChI is InChI=1S/C17H27NO2/c1-13-10-15(13)16-7-6-14(20-16)11-18-12-17(19)8-4-2-3-5-9-17/h6-7,13,15,18-19H,2-5,8-12H2,1H3. The Morgan fingerprint density at radius 3 is 2.60 bits per heavy atom. The van der Waals surface area contributed by atoms with Crippen LogP contribution in [-0.4, -0.2) is 17.3 Å². The summed E-state index contributed by atoms with van der Waals surface area (Å²) >= 11 is 0. The van der Waals surface area contributed by atoms with Crippen molar-refractivity contribution in [2.45, 2.75) is 69.9 Å². The molecule has 1 aromatic rings. The Kier molecular flexibility index (Phi) is 4.18. The molecule has 2 atom stereocenters. The maximum atomic E-state index is 10.6. The van der Waals surface area contributed by atoms with Gasteiger partial charge < -0.3 is 14.8 Å². The molecule has 3 nitrogen and oxygen atoms in total. The van der Waals surface area contributed by atoms with Gasteiger partial charge in [0, 0.05) is 12.5 Å². The van der Waals surface area contributed by atoms with Crippen molar-refractivity contribution in [3.63, 3.8) is 0 Å². The van der Waals surface area contributed by atoms with Gasteiger partial charge in [-0.15, -0.1) is 0 Å². The molecule has 0 radical (unpaired) electrons. The van der Waals surface area contributed by atoms with Crippen molar-refractivity contribution in [3.8, 4) is 0 Å². The Labute approximate surface area is 121 Å². The molecule has 2 fully saturated rings. The molecule has 1 heterocycles. The molecule has 2 saturated carbocycles. The molecule has 3 rings (SSSR count). The van der Waals surface area contributed by atoms with Crippen molar-refractivity contribution in [1.29, 1.82) is 0 Å². The van der Waals surface area contributed by atoms with Gasteiger partial charge in [0.15, 0.2) is 0 Å². The van der Waals surface area contributed by atoms with E-state index in [1.54, 1.807) is 0 Å². The highest BCUT2D eigenvalue weighted by atomic mass is 16.3. The average molecular weight is 277 g/mol. The predicted molar refractivity (Wildman–Crippen MR) is 79.6 cm³/mol. The van der Waals surface area contributed by atoms with E-state index in [2.05, 4.69) is 24.4 Å². The average Bonchev–Trinajstić information content (AvgIpc) is 3.04. The Bertz CT molecular complexity index is 432. The van der Waals surface area contributed by atoms with E-state index in [9.17, 15) is 5.11 Å². The molecule has 112 valence electrons. The van der Waals surface area contributed by atoms with Gasteiger partial charge in [0.2, 0.25) is 0 Å². The summed E-state index contributed by atoms with van der Waals surface area (Å²) in [7, 11) is 0. The molecule has 2 N–H and O–H groups in total. The molecule has 2 aliphatic rings. The van der Waals surface area contributed by atoms with Crippen molar-refractivity contribution in [2.75, 3.05) is 6.54 Å². The number of rotatable bonds is 5. The summed E-state index contributed by atoms with van der Waals surface area (Å²) in [6.07, 6.45) is 7.98. The molecular weight excluding hydrogens is 250 g/mol. The van der Waals surface area contributed by atoms with E-state index in [-0.39, 0.29) is 0 Å². The number of furan rings is 1. The van der Waals surface area contributed by atoms with Gasteiger partial charge >= 0.3 is 0 Å². The van der Waals surface area contributed by atoms with Gasteiger partial charge in [-0.25, -0.2) is 0 Å². The first-order chi connectivity index (χ1) is 9.66. The largest absolute Gasteiger partial charge is 0.464 e. The Morgan fingerprint density at radius 1 is 1.25 bits per heavy atom. The van der Waals surface area contributed by atoms with Gasteiger partial charge in [-0.1, -0.05) is 32.6 Å². The molecule has 0 amide bonds. The van der Waals surface area contributed by atoms with Gasteiger partial charge in [-0.05, 0) is 37.3 Å². The van der Waals surface area contributed by atoms with Crippen LogP contribution in [0.3, 0.4) is 0 Å². The van der Waals surface area contributed by atoms with Gasteiger partial charge in [0.1, 0.15) is 11.5 Å². The fourth-order valence-electron chi connectivity index (χ4n) is 3.39. The fraction of sp³-hybridized carbons (Fsp3) is 0.765. The molecule has 0 bridgehead atoms. The summed E-state index contributed by atoms with van der Waals surface area (Å²) in [6.45, 7) is 3.68. The second kappa shape index (κ2) is 5.90. The second-order valence-corrected chi connectivity index (χ2v) is 6.87. The number of hydrogen-bond acceptors (Lipinski definition) is 3. The molecule has 0 saturated heterocycles. The fourth-order valence-corrected chi connectivity index (χ4v) is 3.39. The highest BCUT2D eigenvalue weighted by molar-refractivity contribution is 5.17. The van der Waals surface area contributed by atoms with Crippen LogP contribution in [0.4, 0.5) is 0 Å². The summed E-state index contributed by atoms with van der Waals surface area (Å²) in [5.74, 6) is 3.57. The third kappa shape index (κ3) is 3.44. The predicted octanol–water partition coefficient (Wildman–Crippen LogP) is 3.58. The first kappa shape index (κ1) is 14.2. The maximum absolute atomic E-state index is 10.6. The minimum atomic E-state index is -0.503. The molecule has 3 heteroatoms. The first-order valence-corrected chi connectivity index (χ1v) is 8.18. The Morgan fingerprint density at radius 2 is 1.95 bits per heavy atom. The van der Waals surface area contributed by atoms with Gasteiger partial charge in [0.05, 0.1) is 12.1 Å². The van der Waals surface area contributed by atoms with Gasteiger partial charge in [-0.3, -0.25) is 0 Å². The van der Waals surface area contributed by atoms with Crippen LogP contribution in [0.1, 0.15) is 69.3 Å². The van der Waals surface area contributed by atoms with E-state index >= 15 is 0 Å². The van der Waals surface area contributed by atoms with Crippen molar-refractivity contribution in [1.82, 2.24) is 5.32 Å². The van der Waals surface area contributed by atoms with Crippen molar-refractivity contribution in [2.24, 2.45) is 5.92 Å². The van der Waals surface area contributed by atoms with Crippen LogP contribution in [0.25, 0.3) is 0 Å². The summed E-state index contributed by atoms with van der Waals surface area (Å²) in [4.78, 5) is 0.